The van der Waals surface area contributed by atoms with Gasteiger partial charge in [-0.05, 0) is 101 Å². The van der Waals surface area contributed by atoms with Crippen molar-refractivity contribution >= 4 is 76.2 Å². The van der Waals surface area contributed by atoms with Gasteiger partial charge in [0.05, 0.1) is 0 Å². The minimum atomic E-state index is 1.02. The minimum Gasteiger partial charge on any atom is -0.135 e. The number of hydrogen-bond acceptors (Lipinski definition) is 1. The summed E-state index contributed by atoms with van der Waals surface area (Å²) in [6.07, 6.45) is 9.09. The minimum absolute atomic E-state index is 1.02. The molecule has 0 saturated heterocycles. The van der Waals surface area contributed by atoms with Gasteiger partial charge in [-0.1, -0.05) is 140 Å². The lowest BCUT2D eigenvalue weighted by molar-refractivity contribution is 1.23. The summed E-state index contributed by atoms with van der Waals surface area (Å²) in [4.78, 5) is 1.34. The largest absolute Gasteiger partial charge is 0.135 e. The average Bonchev–Trinajstić information content (AvgIpc) is 3.52. The van der Waals surface area contributed by atoms with Crippen LogP contribution >= 0.6 is 11.3 Å². The monoisotopic (exact) mass is 612 g/mol. The second-order valence-electron chi connectivity index (χ2n) is 13.1. The van der Waals surface area contributed by atoms with Crippen molar-refractivity contribution in [3.63, 3.8) is 0 Å². The van der Waals surface area contributed by atoms with Crippen molar-refractivity contribution < 1.29 is 0 Å². The summed E-state index contributed by atoms with van der Waals surface area (Å²) in [6.45, 7) is 0. The molecule has 9 aromatic rings. The smallest absolute Gasteiger partial charge is 0.0440 e. The van der Waals surface area contributed by atoms with Gasteiger partial charge in [-0.2, -0.15) is 0 Å². The molecule has 0 bridgehead atoms. The highest BCUT2D eigenvalue weighted by molar-refractivity contribution is 7.23. The van der Waals surface area contributed by atoms with Crippen molar-refractivity contribution in [2.24, 2.45) is 0 Å². The van der Waals surface area contributed by atoms with Gasteiger partial charge in [-0.15, -0.1) is 11.3 Å². The van der Waals surface area contributed by atoms with E-state index in [-0.39, 0.29) is 0 Å². The van der Waals surface area contributed by atoms with Gasteiger partial charge < -0.3 is 0 Å². The molecule has 2 aliphatic rings. The van der Waals surface area contributed by atoms with Gasteiger partial charge >= 0.3 is 0 Å². The van der Waals surface area contributed by atoms with Crippen molar-refractivity contribution in [3.05, 3.63) is 156 Å². The molecule has 0 atom stereocenters. The Hall–Kier alpha value is -5.50. The lowest BCUT2D eigenvalue weighted by Crippen LogP contribution is -2.03. The zero-order valence-corrected chi connectivity index (χ0v) is 26.5. The van der Waals surface area contributed by atoms with Crippen LogP contribution in [0.25, 0.3) is 97.5 Å². The van der Waals surface area contributed by atoms with Gasteiger partial charge in [0.25, 0.3) is 0 Å². The molecule has 47 heavy (non-hydrogen) atoms. The van der Waals surface area contributed by atoms with Crippen LogP contribution < -0.4 is 0 Å². The van der Waals surface area contributed by atoms with Crippen molar-refractivity contribution in [1.82, 2.24) is 0 Å². The average molecular weight is 613 g/mol. The lowest BCUT2D eigenvalue weighted by atomic mass is 9.80. The molecule has 0 saturated carbocycles. The van der Waals surface area contributed by atoms with Gasteiger partial charge in [-0.25, -0.2) is 0 Å². The Morgan fingerprint density at radius 2 is 1.19 bits per heavy atom. The Balaban J connectivity index is 1.11. The summed E-state index contributed by atoms with van der Waals surface area (Å²) < 4.78 is 1.32. The summed E-state index contributed by atoms with van der Waals surface area (Å²) in [6, 6.07) is 48.1. The summed E-state index contributed by atoms with van der Waals surface area (Å²) in [5, 5.41) is 12.1. The van der Waals surface area contributed by atoms with Crippen molar-refractivity contribution in [2.75, 3.05) is 0 Å². The normalized spacial score (nSPS) is 13.8. The van der Waals surface area contributed by atoms with Crippen LogP contribution in [0.2, 0.25) is 0 Å². The lowest BCUT2D eigenvalue weighted by Gasteiger charge is -2.24. The zero-order chi connectivity index (χ0) is 30.6. The van der Waals surface area contributed by atoms with E-state index in [1.54, 1.807) is 0 Å². The van der Waals surface area contributed by atoms with Crippen LogP contribution in [0.5, 0.6) is 0 Å². The molecule has 0 nitrogen and oxygen atoms in total. The first-order chi connectivity index (χ1) is 23.3. The fourth-order valence-electron chi connectivity index (χ4n) is 8.55. The molecule has 0 N–H and O–H groups in total. The third kappa shape index (κ3) is 3.58. The molecule has 1 heteroatoms. The SMILES string of the molecule is C1=Cc2ccc3c(-c4ccc(-c5c(-c6ccc7ccc8cccc9ccc6c7c89)sc6ccccc56)cc4)ccc4c3c2C(=CC4)C1. The summed E-state index contributed by atoms with van der Waals surface area (Å²) in [5.41, 5.74) is 12.2. The van der Waals surface area contributed by atoms with Crippen molar-refractivity contribution in [3.8, 4) is 32.7 Å². The Kier molecular flexibility index (Phi) is 5.19. The van der Waals surface area contributed by atoms with Crippen LogP contribution in [0.15, 0.2) is 140 Å². The Morgan fingerprint density at radius 3 is 2.09 bits per heavy atom. The summed E-state index contributed by atoms with van der Waals surface area (Å²) >= 11 is 1.92. The molecule has 0 unspecified atom stereocenters. The second-order valence-corrected chi connectivity index (χ2v) is 14.2. The van der Waals surface area contributed by atoms with E-state index in [0.717, 1.165) is 12.8 Å². The highest BCUT2D eigenvalue weighted by atomic mass is 32.1. The van der Waals surface area contributed by atoms with Crippen LogP contribution in [0.1, 0.15) is 23.1 Å². The summed E-state index contributed by atoms with van der Waals surface area (Å²) in [5.74, 6) is 0. The fraction of sp³-hybridized carbons (Fsp3) is 0.0435. The third-order valence-corrected chi connectivity index (χ3v) is 11.9. The predicted octanol–water partition coefficient (Wildman–Crippen LogP) is 13.3. The molecular weight excluding hydrogens is 585 g/mol. The molecule has 0 fully saturated rings. The Bertz CT molecular complexity index is 2810. The van der Waals surface area contributed by atoms with Gasteiger partial charge in [0.2, 0.25) is 0 Å². The van der Waals surface area contributed by atoms with Gasteiger partial charge in [-0.3, -0.25) is 0 Å². The van der Waals surface area contributed by atoms with Gasteiger partial charge in [0, 0.05) is 26.1 Å². The number of benzene rings is 8. The molecule has 218 valence electrons. The first-order valence-electron chi connectivity index (χ1n) is 16.5. The Morgan fingerprint density at radius 1 is 0.468 bits per heavy atom. The highest BCUT2D eigenvalue weighted by Crippen LogP contribution is 2.49. The maximum Gasteiger partial charge on any atom is 0.0440 e. The highest BCUT2D eigenvalue weighted by Gasteiger charge is 2.22. The van der Waals surface area contributed by atoms with E-state index in [0.29, 0.717) is 0 Å². The number of fused-ring (bicyclic) bond motifs is 1. The number of thiophene rings is 1. The third-order valence-electron chi connectivity index (χ3n) is 10.7. The molecule has 0 aliphatic heterocycles. The van der Waals surface area contributed by atoms with Crippen LogP contribution in [0.4, 0.5) is 0 Å². The second kappa shape index (κ2) is 9.51. The number of allylic oxidation sites excluding steroid dienone is 3. The van der Waals surface area contributed by atoms with Crippen molar-refractivity contribution in [2.45, 2.75) is 12.8 Å². The molecule has 11 rings (SSSR count). The first-order valence-corrected chi connectivity index (χ1v) is 17.4. The molecule has 0 amide bonds. The fourth-order valence-corrected chi connectivity index (χ4v) is 9.81. The summed E-state index contributed by atoms with van der Waals surface area (Å²) in [7, 11) is 0. The molecular formula is C46H28S. The molecule has 2 aliphatic carbocycles. The molecule has 1 heterocycles. The van der Waals surface area contributed by atoms with E-state index in [4.69, 9.17) is 0 Å². The first kappa shape index (κ1) is 25.7. The molecule has 0 spiro atoms. The zero-order valence-electron chi connectivity index (χ0n) is 25.7. The van der Waals surface area contributed by atoms with E-state index in [9.17, 15) is 0 Å². The van der Waals surface area contributed by atoms with Crippen LogP contribution in [0.3, 0.4) is 0 Å². The molecule has 1 aromatic heterocycles. The molecule has 8 aromatic carbocycles. The standard InChI is InChI=1S/C46H28S/c1-2-10-40-39(9-1)45(46(47-40)38-26-22-33-18-16-29-6-4-8-31-21-25-37(38)44(33)42(29)31)34-13-11-27(12-14-34)35-23-19-32-17-15-28-5-3-7-30-20-24-36(35)43(32)41(28)30/h1-4,6-16,18-26H,5,17H2. The van der Waals surface area contributed by atoms with Crippen LogP contribution in [0, 0.1) is 0 Å². The van der Waals surface area contributed by atoms with E-state index in [1.807, 2.05) is 11.3 Å². The Labute approximate surface area is 276 Å². The quantitative estimate of drug-likeness (QED) is 0.174. The van der Waals surface area contributed by atoms with E-state index < -0.39 is 0 Å². The molecule has 0 radical (unpaired) electrons. The maximum absolute atomic E-state index is 2.43. The van der Waals surface area contributed by atoms with Gasteiger partial charge in [0.1, 0.15) is 0 Å². The number of hydrogen-bond donors (Lipinski definition) is 0. The van der Waals surface area contributed by atoms with E-state index in [1.165, 1.54) is 108 Å². The number of rotatable bonds is 3. The van der Waals surface area contributed by atoms with E-state index in [2.05, 4.69) is 146 Å². The maximum atomic E-state index is 2.43. The predicted molar refractivity (Wildman–Crippen MR) is 205 cm³/mol. The van der Waals surface area contributed by atoms with Crippen molar-refractivity contribution in [1.29, 1.82) is 0 Å². The topological polar surface area (TPSA) is 0 Å². The van der Waals surface area contributed by atoms with Crippen LogP contribution in [-0.2, 0) is 6.42 Å². The van der Waals surface area contributed by atoms with Crippen LogP contribution in [-0.4, -0.2) is 0 Å². The van der Waals surface area contributed by atoms with E-state index >= 15 is 0 Å². The van der Waals surface area contributed by atoms with Gasteiger partial charge in [0.15, 0.2) is 0 Å².